The van der Waals surface area contributed by atoms with Crippen LogP contribution in [0.1, 0.15) is 51.4 Å². The fraction of sp³-hybridized carbons (Fsp3) is 0.417. The van der Waals surface area contributed by atoms with Crippen molar-refractivity contribution in [1.82, 2.24) is 16.0 Å². The van der Waals surface area contributed by atoms with E-state index in [4.69, 9.17) is 9.47 Å². The lowest BCUT2D eigenvalue weighted by Crippen LogP contribution is -2.45. The van der Waals surface area contributed by atoms with Gasteiger partial charge < -0.3 is 30.2 Å². The van der Waals surface area contributed by atoms with Crippen molar-refractivity contribution in [3.63, 3.8) is 0 Å². The van der Waals surface area contributed by atoms with E-state index in [1.54, 1.807) is 6.92 Å². The van der Waals surface area contributed by atoms with Gasteiger partial charge in [-0.1, -0.05) is 41.4 Å². The van der Waals surface area contributed by atoms with Gasteiger partial charge in [-0.3, -0.25) is 33.6 Å². The number of esters is 2. The van der Waals surface area contributed by atoms with Crippen LogP contribution in [0.2, 0.25) is 0 Å². The molecular weight excluding hydrogens is 817 g/mol. The molecule has 0 heterocycles. The van der Waals surface area contributed by atoms with Gasteiger partial charge in [0, 0.05) is 61.8 Å². The molecule has 0 aromatic heterocycles. The first-order valence-electron chi connectivity index (χ1n) is 16.8. The predicted octanol–water partition coefficient (Wildman–Crippen LogP) is 3.53. The van der Waals surface area contributed by atoms with Gasteiger partial charge in [0.1, 0.15) is 41.3 Å². The number of rotatable bonds is 20. The summed E-state index contributed by atoms with van der Waals surface area (Å²) in [5, 5.41) is 5.21. The highest BCUT2D eigenvalue weighted by molar-refractivity contribution is 8.15. The molecule has 0 saturated heterocycles. The number of Topliss-reactive ketones (excluding diaryl/α,β-unsaturated/α-hetero) is 1. The molecule has 0 fully saturated rings. The number of carbonyl (C=O) groups excluding carboxylic acids is 9. The van der Waals surface area contributed by atoms with Crippen LogP contribution in [0.5, 0.6) is 5.75 Å². The van der Waals surface area contributed by atoms with Crippen LogP contribution in [-0.2, 0) is 43.1 Å². The van der Waals surface area contributed by atoms with Gasteiger partial charge in [-0.05, 0) is 43.7 Å². The smallest absolute Gasteiger partial charge is 0.334 e. The van der Waals surface area contributed by atoms with E-state index in [1.807, 2.05) is 0 Å². The molecular formula is C36H41F2N3O11S4. The minimum absolute atomic E-state index is 0.0497. The number of thioether (sulfide) groups is 3. The standard InChI is InChI=1S/C36H41F2N3O11S4/c1-6-51-32(46)23(11-18(2)42)15-54-36(50)30(41-21(5)45)17-55-34(48)26-12-22(25-9-8-24(37)13-27(25)38)7-10-31(26)52-33(47)29(40-20(4)44)16-56-35(49)28(14-53)39-19(3)43/h7-10,12-13,23,28-30,53H,6,11,14-17H2,1-5H3,(H,39,43)(H,40,44)(H,41,45). The Balaban J connectivity index is 2.43. The second-order valence-electron chi connectivity index (χ2n) is 11.9. The Labute approximate surface area is 339 Å². The minimum Gasteiger partial charge on any atom is -0.466 e. The third-order valence-electron chi connectivity index (χ3n) is 7.17. The van der Waals surface area contributed by atoms with Gasteiger partial charge in [0.05, 0.1) is 18.1 Å². The third-order valence-corrected chi connectivity index (χ3v) is 10.7. The summed E-state index contributed by atoms with van der Waals surface area (Å²) < 4.78 is 39.1. The first kappa shape index (κ1) is 47.9. The Bertz CT molecular complexity index is 1830. The van der Waals surface area contributed by atoms with Crippen molar-refractivity contribution in [2.24, 2.45) is 5.92 Å². The molecule has 0 aliphatic heterocycles. The zero-order valence-electron chi connectivity index (χ0n) is 30.9. The summed E-state index contributed by atoms with van der Waals surface area (Å²) >= 11 is 5.85. The number of hydrogen-bond donors (Lipinski definition) is 4. The van der Waals surface area contributed by atoms with Crippen LogP contribution in [0.4, 0.5) is 8.78 Å². The Kier molecular flexibility index (Phi) is 20.3. The van der Waals surface area contributed by atoms with Crippen LogP contribution < -0.4 is 20.7 Å². The summed E-state index contributed by atoms with van der Waals surface area (Å²) in [7, 11) is 0. The monoisotopic (exact) mass is 857 g/mol. The first-order chi connectivity index (χ1) is 26.4. The molecule has 3 N–H and O–H groups in total. The van der Waals surface area contributed by atoms with Crippen LogP contribution in [0.15, 0.2) is 36.4 Å². The maximum Gasteiger partial charge on any atom is 0.334 e. The zero-order chi connectivity index (χ0) is 42.1. The molecule has 0 radical (unpaired) electrons. The van der Waals surface area contributed by atoms with Gasteiger partial charge in [0.25, 0.3) is 0 Å². The maximum absolute atomic E-state index is 14.8. The molecule has 0 aliphatic carbocycles. The second kappa shape index (κ2) is 23.7. The van der Waals surface area contributed by atoms with E-state index in [-0.39, 0.29) is 64.3 Å². The minimum atomic E-state index is -1.44. The largest absolute Gasteiger partial charge is 0.466 e. The number of halogens is 2. The number of benzene rings is 2. The lowest BCUT2D eigenvalue weighted by molar-refractivity contribution is -0.148. The summed E-state index contributed by atoms with van der Waals surface area (Å²) in [5.74, 6) is -7.92. The normalized spacial score (nSPS) is 12.9. The lowest BCUT2D eigenvalue weighted by atomic mass is 10.0. The van der Waals surface area contributed by atoms with Crippen molar-refractivity contribution in [2.75, 3.05) is 29.6 Å². The lowest BCUT2D eigenvalue weighted by Gasteiger charge is -2.20. The molecule has 20 heteroatoms. The summed E-state index contributed by atoms with van der Waals surface area (Å²) in [6, 6.07) is 2.65. The van der Waals surface area contributed by atoms with E-state index in [0.29, 0.717) is 41.4 Å². The fourth-order valence-electron chi connectivity index (χ4n) is 4.71. The average molecular weight is 858 g/mol. The molecule has 2 aromatic rings. The number of hydrogen-bond acceptors (Lipinski definition) is 15. The Morgan fingerprint density at radius 3 is 1.86 bits per heavy atom. The van der Waals surface area contributed by atoms with Crippen molar-refractivity contribution < 1.29 is 61.4 Å². The van der Waals surface area contributed by atoms with Crippen molar-refractivity contribution in [3.05, 3.63) is 53.6 Å². The van der Waals surface area contributed by atoms with Crippen molar-refractivity contribution in [2.45, 2.75) is 59.2 Å². The molecule has 56 heavy (non-hydrogen) atoms. The van der Waals surface area contributed by atoms with E-state index in [0.717, 1.165) is 32.0 Å². The molecule has 14 nitrogen and oxygen atoms in total. The van der Waals surface area contributed by atoms with Crippen LogP contribution in [-0.4, -0.2) is 98.5 Å². The number of thiol groups is 1. The zero-order valence-corrected chi connectivity index (χ0v) is 34.3. The van der Waals surface area contributed by atoms with Gasteiger partial charge >= 0.3 is 11.9 Å². The molecule has 2 rings (SSSR count). The first-order valence-corrected chi connectivity index (χ1v) is 20.3. The van der Waals surface area contributed by atoms with Gasteiger partial charge in [0.2, 0.25) is 33.1 Å². The van der Waals surface area contributed by atoms with Gasteiger partial charge in [-0.2, -0.15) is 12.6 Å². The maximum atomic E-state index is 14.8. The van der Waals surface area contributed by atoms with E-state index in [1.165, 1.54) is 26.0 Å². The van der Waals surface area contributed by atoms with Crippen molar-refractivity contribution in [3.8, 4) is 16.9 Å². The van der Waals surface area contributed by atoms with E-state index >= 15 is 0 Å². The second-order valence-corrected chi connectivity index (χ2v) is 15.3. The number of amides is 3. The van der Waals surface area contributed by atoms with Crippen LogP contribution in [0, 0.1) is 17.6 Å². The Hall–Kier alpha value is -4.27. The molecule has 4 atom stereocenters. The van der Waals surface area contributed by atoms with E-state index < -0.39 is 80.7 Å². The highest BCUT2D eigenvalue weighted by Gasteiger charge is 2.30. The van der Waals surface area contributed by atoms with Crippen molar-refractivity contribution in [1.29, 1.82) is 0 Å². The van der Waals surface area contributed by atoms with E-state index in [9.17, 15) is 51.9 Å². The van der Waals surface area contributed by atoms with Gasteiger partial charge in [-0.25, -0.2) is 13.6 Å². The topological polar surface area (TPSA) is 208 Å². The average Bonchev–Trinajstić information content (AvgIpc) is 3.11. The van der Waals surface area contributed by atoms with Crippen LogP contribution in [0.25, 0.3) is 11.1 Å². The summed E-state index contributed by atoms with van der Waals surface area (Å²) in [6.07, 6.45) is -0.186. The third kappa shape index (κ3) is 16.1. The quantitative estimate of drug-likeness (QED) is 0.0854. The molecule has 4 unspecified atom stereocenters. The highest BCUT2D eigenvalue weighted by atomic mass is 32.2. The number of ether oxygens (including phenoxy) is 2. The molecule has 3 amide bonds. The molecule has 304 valence electrons. The summed E-state index contributed by atoms with van der Waals surface area (Å²) in [4.78, 5) is 113. The predicted molar refractivity (Wildman–Crippen MR) is 211 cm³/mol. The number of ketones is 1. The SMILES string of the molecule is CCOC(=O)C(CSC(=O)C(CSC(=O)c1cc(-c2ccc(F)cc2F)ccc1OC(=O)C(CSC(=O)C(CS)NC(C)=O)NC(C)=O)NC(C)=O)CC(C)=O. The molecule has 0 saturated carbocycles. The van der Waals surface area contributed by atoms with Gasteiger partial charge in [0.15, 0.2) is 0 Å². The van der Waals surface area contributed by atoms with Gasteiger partial charge in [-0.15, -0.1) is 0 Å². The van der Waals surface area contributed by atoms with E-state index in [2.05, 4.69) is 28.6 Å². The fourth-order valence-corrected chi connectivity index (χ4v) is 7.92. The summed E-state index contributed by atoms with van der Waals surface area (Å²) in [6.45, 7) is 6.37. The van der Waals surface area contributed by atoms with Crippen LogP contribution in [0.3, 0.4) is 0 Å². The molecule has 0 bridgehead atoms. The number of carbonyl (C=O) groups is 9. The summed E-state index contributed by atoms with van der Waals surface area (Å²) in [5.41, 5.74) is -0.361. The molecule has 0 aliphatic rings. The number of nitrogens with one attached hydrogen (secondary N) is 3. The Morgan fingerprint density at radius 2 is 1.29 bits per heavy atom. The molecule has 0 spiro atoms. The Morgan fingerprint density at radius 1 is 0.714 bits per heavy atom. The van der Waals surface area contributed by atoms with Crippen LogP contribution >= 0.6 is 47.9 Å². The highest BCUT2D eigenvalue weighted by Crippen LogP contribution is 2.32. The van der Waals surface area contributed by atoms with Crippen molar-refractivity contribution >= 4 is 98.7 Å². The molecule has 2 aromatic carbocycles.